The molecular formula is C15H11ClN2O2. The van der Waals surface area contributed by atoms with Crippen molar-refractivity contribution in [1.82, 2.24) is 0 Å². The number of hydrogen-bond donors (Lipinski definition) is 2. The van der Waals surface area contributed by atoms with Crippen molar-refractivity contribution in [2.24, 2.45) is 0 Å². The summed E-state index contributed by atoms with van der Waals surface area (Å²) in [5.41, 5.74) is 2.16. The Balaban J connectivity index is 1.91. The van der Waals surface area contributed by atoms with Crippen molar-refractivity contribution in [3.63, 3.8) is 0 Å². The first-order valence-electron chi connectivity index (χ1n) is 6.09. The molecule has 2 aromatic carbocycles. The molecule has 20 heavy (non-hydrogen) atoms. The number of hydrogen-bond acceptors (Lipinski definition) is 4. The lowest BCUT2D eigenvalue weighted by molar-refractivity contribution is 0.338. The molecule has 100 valence electrons. The maximum absolute atomic E-state index is 9.43. The highest BCUT2D eigenvalue weighted by Gasteiger charge is 2.25. The van der Waals surface area contributed by atoms with Crippen molar-refractivity contribution in [3.05, 3.63) is 52.5 Å². The van der Waals surface area contributed by atoms with Gasteiger partial charge in [-0.2, -0.15) is 5.26 Å². The zero-order valence-corrected chi connectivity index (χ0v) is 11.2. The summed E-state index contributed by atoms with van der Waals surface area (Å²) in [6.45, 7) is 0.441. The number of anilines is 1. The van der Waals surface area contributed by atoms with Crippen molar-refractivity contribution >= 4 is 17.3 Å². The van der Waals surface area contributed by atoms with Gasteiger partial charge in [0.1, 0.15) is 24.2 Å². The van der Waals surface area contributed by atoms with Crippen molar-refractivity contribution in [2.75, 3.05) is 11.9 Å². The molecule has 0 saturated heterocycles. The average molecular weight is 287 g/mol. The largest absolute Gasteiger partial charge is 0.508 e. The van der Waals surface area contributed by atoms with Gasteiger partial charge in [0, 0.05) is 16.7 Å². The Bertz CT molecular complexity index is 710. The van der Waals surface area contributed by atoms with Gasteiger partial charge in [0.05, 0.1) is 17.3 Å². The number of rotatable bonds is 2. The molecule has 2 N–H and O–H groups in total. The fraction of sp³-hybridized carbons (Fsp3) is 0.133. The van der Waals surface area contributed by atoms with Crippen molar-refractivity contribution in [3.8, 4) is 17.6 Å². The van der Waals surface area contributed by atoms with E-state index in [1.165, 1.54) is 0 Å². The highest BCUT2D eigenvalue weighted by Crippen LogP contribution is 2.37. The number of fused-ring (bicyclic) bond motifs is 1. The van der Waals surface area contributed by atoms with Crippen LogP contribution in [0.25, 0.3) is 0 Å². The Morgan fingerprint density at radius 2 is 2.15 bits per heavy atom. The van der Waals surface area contributed by atoms with Gasteiger partial charge in [-0.3, -0.25) is 0 Å². The molecule has 1 heterocycles. The Morgan fingerprint density at radius 1 is 1.30 bits per heavy atom. The molecule has 0 amide bonds. The highest BCUT2D eigenvalue weighted by atomic mass is 35.5. The van der Waals surface area contributed by atoms with Crippen LogP contribution in [0.1, 0.15) is 17.2 Å². The summed E-state index contributed by atoms with van der Waals surface area (Å²) in [5, 5.41) is 22.4. The van der Waals surface area contributed by atoms with Crippen LogP contribution in [0, 0.1) is 11.3 Å². The minimum Gasteiger partial charge on any atom is -0.508 e. The normalized spacial score (nSPS) is 16.1. The van der Waals surface area contributed by atoms with Crippen LogP contribution in [0.3, 0.4) is 0 Å². The van der Waals surface area contributed by atoms with E-state index in [0.29, 0.717) is 28.6 Å². The maximum Gasteiger partial charge on any atom is 0.128 e. The van der Waals surface area contributed by atoms with Gasteiger partial charge in [0.15, 0.2) is 0 Å². The van der Waals surface area contributed by atoms with E-state index in [4.69, 9.17) is 21.6 Å². The van der Waals surface area contributed by atoms with Gasteiger partial charge < -0.3 is 15.2 Å². The Kier molecular flexibility index (Phi) is 3.13. The molecule has 4 nitrogen and oxygen atoms in total. The SMILES string of the molecule is N#Cc1ccc(Cl)cc1NC1COc2cc(O)ccc21. The lowest BCUT2D eigenvalue weighted by Crippen LogP contribution is -2.12. The Hall–Kier alpha value is -2.38. The second kappa shape index (κ2) is 4.95. The summed E-state index contributed by atoms with van der Waals surface area (Å²) < 4.78 is 5.53. The molecule has 2 aromatic rings. The number of ether oxygens (including phenoxy) is 1. The van der Waals surface area contributed by atoms with Gasteiger partial charge in [0.2, 0.25) is 0 Å². The van der Waals surface area contributed by atoms with Gasteiger partial charge in [-0.25, -0.2) is 0 Å². The first kappa shape index (κ1) is 12.6. The molecule has 3 rings (SSSR count). The monoisotopic (exact) mass is 286 g/mol. The standard InChI is InChI=1S/C15H11ClN2O2/c16-10-2-1-9(7-17)13(5-10)18-14-8-20-15-6-11(19)3-4-12(14)15/h1-6,14,18-19H,8H2. The minimum atomic E-state index is -0.0730. The van der Waals surface area contributed by atoms with Crippen LogP contribution in [0.5, 0.6) is 11.5 Å². The van der Waals surface area contributed by atoms with E-state index in [2.05, 4.69) is 11.4 Å². The predicted molar refractivity (Wildman–Crippen MR) is 76.1 cm³/mol. The molecular weight excluding hydrogens is 276 g/mol. The summed E-state index contributed by atoms with van der Waals surface area (Å²) in [4.78, 5) is 0. The van der Waals surface area contributed by atoms with Crippen molar-refractivity contribution < 1.29 is 9.84 Å². The Morgan fingerprint density at radius 3 is 2.95 bits per heavy atom. The van der Waals surface area contributed by atoms with E-state index < -0.39 is 0 Å². The van der Waals surface area contributed by atoms with Gasteiger partial charge in [0.25, 0.3) is 0 Å². The average Bonchev–Trinajstić information content (AvgIpc) is 2.81. The summed E-state index contributed by atoms with van der Waals surface area (Å²) in [7, 11) is 0. The third-order valence-electron chi connectivity index (χ3n) is 3.21. The van der Waals surface area contributed by atoms with Crippen LogP contribution in [0.4, 0.5) is 5.69 Å². The Labute approximate surface area is 121 Å². The van der Waals surface area contributed by atoms with Gasteiger partial charge in [-0.15, -0.1) is 0 Å². The molecule has 1 atom stereocenters. The number of phenols is 1. The molecule has 0 aromatic heterocycles. The molecule has 1 unspecified atom stereocenters. The molecule has 0 fully saturated rings. The molecule has 1 aliphatic heterocycles. The highest BCUT2D eigenvalue weighted by molar-refractivity contribution is 6.30. The lowest BCUT2D eigenvalue weighted by Gasteiger charge is -2.14. The molecule has 0 saturated carbocycles. The molecule has 5 heteroatoms. The number of phenolic OH excluding ortho intramolecular Hbond substituents is 1. The molecule has 0 bridgehead atoms. The maximum atomic E-state index is 9.43. The first-order valence-corrected chi connectivity index (χ1v) is 6.47. The molecule has 0 spiro atoms. The van der Waals surface area contributed by atoms with Crippen molar-refractivity contribution in [1.29, 1.82) is 5.26 Å². The zero-order valence-electron chi connectivity index (χ0n) is 10.4. The predicted octanol–water partition coefficient (Wildman–Crippen LogP) is 3.46. The molecule has 0 aliphatic carbocycles. The second-order valence-corrected chi connectivity index (χ2v) is 4.97. The molecule has 0 radical (unpaired) electrons. The van der Waals surface area contributed by atoms with Crippen molar-refractivity contribution in [2.45, 2.75) is 6.04 Å². The van der Waals surface area contributed by atoms with E-state index in [0.717, 1.165) is 5.56 Å². The quantitative estimate of drug-likeness (QED) is 0.887. The number of benzene rings is 2. The zero-order chi connectivity index (χ0) is 14.1. The smallest absolute Gasteiger partial charge is 0.128 e. The van der Waals surface area contributed by atoms with Crippen LogP contribution in [0.2, 0.25) is 5.02 Å². The fourth-order valence-electron chi connectivity index (χ4n) is 2.24. The third kappa shape index (κ3) is 2.24. The van der Waals surface area contributed by atoms with Gasteiger partial charge in [-0.05, 0) is 30.3 Å². The summed E-state index contributed by atoms with van der Waals surface area (Å²) >= 11 is 5.97. The van der Waals surface area contributed by atoms with E-state index in [1.807, 2.05) is 6.07 Å². The fourth-order valence-corrected chi connectivity index (χ4v) is 2.41. The lowest BCUT2D eigenvalue weighted by atomic mass is 10.1. The second-order valence-electron chi connectivity index (χ2n) is 4.53. The van der Waals surface area contributed by atoms with Gasteiger partial charge >= 0.3 is 0 Å². The van der Waals surface area contributed by atoms with Crippen LogP contribution < -0.4 is 10.1 Å². The van der Waals surface area contributed by atoms with Gasteiger partial charge in [-0.1, -0.05) is 11.6 Å². The van der Waals surface area contributed by atoms with E-state index >= 15 is 0 Å². The number of nitriles is 1. The minimum absolute atomic E-state index is 0.0730. The summed E-state index contributed by atoms with van der Waals surface area (Å²) in [6.07, 6.45) is 0. The van der Waals surface area contributed by atoms with Crippen LogP contribution >= 0.6 is 11.6 Å². The number of nitrogens with one attached hydrogen (secondary N) is 1. The van der Waals surface area contributed by atoms with E-state index in [1.54, 1.807) is 30.3 Å². The van der Waals surface area contributed by atoms with E-state index in [9.17, 15) is 5.11 Å². The van der Waals surface area contributed by atoms with Crippen LogP contribution in [0.15, 0.2) is 36.4 Å². The summed E-state index contributed by atoms with van der Waals surface area (Å²) in [6, 6.07) is 12.1. The number of nitrogens with zero attached hydrogens (tertiary/aromatic N) is 1. The number of halogens is 1. The van der Waals surface area contributed by atoms with E-state index in [-0.39, 0.29) is 11.8 Å². The number of aromatic hydroxyl groups is 1. The van der Waals surface area contributed by atoms with Crippen LogP contribution in [-0.2, 0) is 0 Å². The van der Waals surface area contributed by atoms with Crippen LogP contribution in [-0.4, -0.2) is 11.7 Å². The summed E-state index contributed by atoms with van der Waals surface area (Å²) in [5.74, 6) is 0.827. The molecule has 1 aliphatic rings. The topological polar surface area (TPSA) is 65.3 Å². The first-order chi connectivity index (χ1) is 9.67. The third-order valence-corrected chi connectivity index (χ3v) is 3.44.